The lowest BCUT2D eigenvalue weighted by Crippen LogP contribution is -2.31. The van der Waals surface area contributed by atoms with Crippen molar-refractivity contribution in [2.45, 2.75) is 13.0 Å². The molecule has 110 valence electrons. The predicted molar refractivity (Wildman–Crippen MR) is 78.2 cm³/mol. The lowest BCUT2D eigenvalue weighted by Gasteiger charge is -2.08. The third-order valence-electron chi connectivity index (χ3n) is 2.86. The normalized spacial score (nSPS) is 10.2. The highest BCUT2D eigenvalue weighted by atomic mass is 35.5. The minimum atomic E-state index is -0.574. The first-order valence-electron chi connectivity index (χ1n) is 6.24. The number of nitrogens with two attached hydrogens (primary N) is 1. The van der Waals surface area contributed by atoms with Crippen LogP contribution in [-0.2, 0) is 17.8 Å². The summed E-state index contributed by atoms with van der Waals surface area (Å²) in [5, 5.41) is 0.0237. The molecule has 0 radical (unpaired) electrons. The number of benzene rings is 2. The Morgan fingerprint density at radius 3 is 2.52 bits per heavy atom. The Kier molecular flexibility index (Phi) is 5.14. The first kappa shape index (κ1) is 15.3. The Bertz CT molecular complexity index is 632. The van der Waals surface area contributed by atoms with Crippen molar-refractivity contribution in [1.29, 1.82) is 0 Å². The van der Waals surface area contributed by atoms with Crippen LogP contribution in [0.15, 0.2) is 42.5 Å². The molecule has 0 aliphatic rings. The maximum absolute atomic E-state index is 13.6. The van der Waals surface area contributed by atoms with Crippen LogP contribution in [0.5, 0.6) is 5.75 Å². The largest absolute Gasteiger partial charge is 0.486 e. The number of ether oxygens (including phenoxy) is 1. The quantitative estimate of drug-likeness (QED) is 0.507. The van der Waals surface area contributed by atoms with Crippen molar-refractivity contribution in [2.24, 2.45) is 5.84 Å². The van der Waals surface area contributed by atoms with Crippen molar-refractivity contribution in [3.05, 3.63) is 64.4 Å². The number of carbonyl (C=O) groups is 1. The first-order chi connectivity index (χ1) is 10.1. The van der Waals surface area contributed by atoms with E-state index in [0.717, 1.165) is 11.1 Å². The smallest absolute Gasteiger partial charge is 0.238 e. The summed E-state index contributed by atoms with van der Waals surface area (Å²) in [6.45, 7) is 0.209. The molecule has 0 bridgehead atoms. The summed E-state index contributed by atoms with van der Waals surface area (Å²) in [7, 11) is 0. The second-order valence-electron chi connectivity index (χ2n) is 4.40. The van der Waals surface area contributed by atoms with Gasteiger partial charge in [-0.05, 0) is 23.3 Å². The molecule has 2 rings (SSSR count). The number of nitrogens with one attached hydrogen (secondary N) is 1. The molecule has 0 fully saturated rings. The van der Waals surface area contributed by atoms with Crippen molar-refractivity contribution >= 4 is 17.5 Å². The van der Waals surface area contributed by atoms with E-state index in [4.69, 9.17) is 22.2 Å². The molecule has 2 aromatic rings. The highest BCUT2D eigenvalue weighted by Gasteiger charge is 2.07. The Morgan fingerprint density at radius 2 is 1.86 bits per heavy atom. The molecule has 0 aromatic heterocycles. The van der Waals surface area contributed by atoms with Crippen LogP contribution < -0.4 is 16.0 Å². The molecule has 4 nitrogen and oxygen atoms in total. The van der Waals surface area contributed by atoms with E-state index in [0.29, 0.717) is 0 Å². The zero-order valence-electron chi connectivity index (χ0n) is 11.1. The van der Waals surface area contributed by atoms with Crippen molar-refractivity contribution in [3.8, 4) is 5.75 Å². The van der Waals surface area contributed by atoms with Gasteiger partial charge in [-0.15, -0.1) is 0 Å². The van der Waals surface area contributed by atoms with Gasteiger partial charge in [0.15, 0.2) is 11.6 Å². The van der Waals surface area contributed by atoms with E-state index in [2.05, 4.69) is 5.43 Å². The Morgan fingerprint density at radius 1 is 1.19 bits per heavy atom. The molecule has 0 atom stereocenters. The van der Waals surface area contributed by atoms with Crippen molar-refractivity contribution in [2.75, 3.05) is 0 Å². The second kappa shape index (κ2) is 7.06. The van der Waals surface area contributed by atoms with Crippen LogP contribution in [0, 0.1) is 5.82 Å². The monoisotopic (exact) mass is 308 g/mol. The van der Waals surface area contributed by atoms with E-state index in [1.165, 1.54) is 12.1 Å². The molecule has 3 N–H and O–H groups in total. The molecule has 6 heteroatoms. The molecule has 1 amide bonds. The van der Waals surface area contributed by atoms with Gasteiger partial charge in [0, 0.05) is 0 Å². The molecular weight excluding hydrogens is 295 g/mol. The average Bonchev–Trinajstić information content (AvgIpc) is 2.50. The van der Waals surface area contributed by atoms with E-state index in [9.17, 15) is 9.18 Å². The van der Waals surface area contributed by atoms with Gasteiger partial charge in [0.05, 0.1) is 11.4 Å². The fourth-order valence-corrected chi connectivity index (χ4v) is 1.91. The minimum absolute atomic E-state index is 0.0237. The lowest BCUT2D eigenvalue weighted by atomic mass is 10.1. The van der Waals surface area contributed by atoms with Crippen LogP contribution in [0.4, 0.5) is 4.39 Å². The minimum Gasteiger partial charge on any atom is -0.486 e. The number of hydrogen-bond acceptors (Lipinski definition) is 3. The standard InChI is InChI=1S/C15H14ClFN2O2/c16-12-2-1-3-13(15(12)17)21-9-11-6-4-10(5-7-11)8-14(20)19-18/h1-7H,8-9,18H2,(H,19,20). The number of hydrazine groups is 1. The fraction of sp³-hybridized carbons (Fsp3) is 0.133. The van der Waals surface area contributed by atoms with E-state index < -0.39 is 5.82 Å². The van der Waals surface area contributed by atoms with Gasteiger partial charge in [-0.1, -0.05) is 41.9 Å². The summed E-state index contributed by atoms with van der Waals surface area (Å²) < 4.78 is 19.0. The van der Waals surface area contributed by atoms with Gasteiger partial charge in [-0.3, -0.25) is 10.2 Å². The maximum atomic E-state index is 13.6. The summed E-state index contributed by atoms with van der Waals surface area (Å²) in [5.41, 5.74) is 3.75. The number of carbonyl (C=O) groups excluding carboxylic acids is 1. The van der Waals surface area contributed by atoms with Gasteiger partial charge in [-0.25, -0.2) is 10.2 Å². The fourth-order valence-electron chi connectivity index (χ4n) is 1.75. The molecule has 0 aliphatic heterocycles. The third kappa shape index (κ3) is 4.18. The summed E-state index contributed by atoms with van der Waals surface area (Å²) >= 11 is 5.68. The lowest BCUT2D eigenvalue weighted by molar-refractivity contribution is -0.120. The van der Waals surface area contributed by atoms with E-state index >= 15 is 0 Å². The molecule has 0 unspecified atom stereocenters. The number of amides is 1. The number of rotatable bonds is 5. The molecule has 0 saturated heterocycles. The van der Waals surface area contributed by atoms with Gasteiger partial charge < -0.3 is 4.74 Å². The first-order valence-corrected chi connectivity index (χ1v) is 6.62. The third-order valence-corrected chi connectivity index (χ3v) is 3.15. The van der Waals surface area contributed by atoms with E-state index in [1.807, 2.05) is 12.1 Å². The SMILES string of the molecule is NNC(=O)Cc1ccc(COc2cccc(Cl)c2F)cc1. The highest BCUT2D eigenvalue weighted by Crippen LogP contribution is 2.24. The molecule has 0 spiro atoms. The van der Waals surface area contributed by atoms with Crippen LogP contribution in [0.3, 0.4) is 0 Å². The zero-order valence-corrected chi connectivity index (χ0v) is 11.9. The van der Waals surface area contributed by atoms with Gasteiger partial charge in [0.25, 0.3) is 0 Å². The topological polar surface area (TPSA) is 64.3 Å². The van der Waals surface area contributed by atoms with Gasteiger partial charge in [0.1, 0.15) is 6.61 Å². The second-order valence-corrected chi connectivity index (χ2v) is 4.81. The molecule has 0 aliphatic carbocycles. The van der Waals surface area contributed by atoms with Crippen LogP contribution in [-0.4, -0.2) is 5.91 Å². The number of hydrogen-bond donors (Lipinski definition) is 2. The summed E-state index contributed by atoms with van der Waals surface area (Å²) in [6.07, 6.45) is 0.209. The average molecular weight is 309 g/mol. The molecule has 2 aromatic carbocycles. The maximum Gasteiger partial charge on any atom is 0.238 e. The van der Waals surface area contributed by atoms with Crippen LogP contribution in [0.2, 0.25) is 5.02 Å². The summed E-state index contributed by atoms with van der Waals surface area (Å²) in [4.78, 5) is 11.1. The number of halogens is 2. The van der Waals surface area contributed by atoms with Crippen molar-refractivity contribution < 1.29 is 13.9 Å². The predicted octanol–water partition coefficient (Wildman–Crippen LogP) is 2.59. The molecule has 0 saturated carbocycles. The molecular formula is C15H14ClFN2O2. The Hall–Kier alpha value is -2.11. The Balaban J connectivity index is 1.97. The summed E-state index contributed by atoms with van der Waals surface area (Å²) in [6, 6.07) is 11.8. The van der Waals surface area contributed by atoms with Crippen molar-refractivity contribution in [3.63, 3.8) is 0 Å². The van der Waals surface area contributed by atoms with E-state index in [1.54, 1.807) is 18.2 Å². The van der Waals surface area contributed by atoms with Gasteiger partial charge >= 0.3 is 0 Å². The zero-order chi connectivity index (χ0) is 15.2. The van der Waals surface area contributed by atoms with Crippen LogP contribution in [0.25, 0.3) is 0 Å². The van der Waals surface area contributed by atoms with Crippen LogP contribution in [0.1, 0.15) is 11.1 Å². The van der Waals surface area contributed by atoms with Gasteiger partial charge in [0.2, 0.25) is 5.91 Å². The Labute approximate surface area is 126 Å². The van der Waals surface area contributed by atoms with Crippen molar-refractivity contribution in [1.82, 2.24) is 5.43 Å². The van der Waals surface area contributed by atoms with Crippen LogP contribution >= 0.6 is 11.6 Å². The molecule has 21 heavy (non-hydrogen) atoms. The molecule has 0 heterocycles. The van der Waals surface area contributed by atoms with Gasteiger partial charge in [-0.2, -0.15) is 0 Å². The highest BCUT2D eigenvalue weighted by molar-refractivity contribution is 6.30. The van der Waals surface area contributed by atoms with E-state index in [-0.39, 0.29) is 29.7 Å². The summed E-state index contributed by atoms with van der Waals surface area (Å²) in [5.74, 6) is 4.29.